The Morgan fingerprint density at radius 2 is 1.88 bits per heavy atom. The minimum absolute atomic E-state index is 0.0596. The Bertz CT molecular complexity index is 248. The van der Waals surface area contributed by atoms with E-state index in [1.165, 1.54) is 39.0 Å². The summed E-state index contributed by atoms with van der Waals surface area (Å²) in [6.45, 7) is 1.48. The molecule has 0 heterocycles. The highest BCUT2D eigenvalue weighted by Gasteiger charge is 2.15. The van der Waals surface area contributed by atoms with E-state index in [1.807, 2.05) is 0 Å². The van der Waals surface area contributed by atoms with Crippen LogP contribution in [-0.2, 0) is 9.53 Å². The molecule has 0 saturated carbocycles. The van der Waals surface area contributed by atoms with Crippen molar-refractivity contribution in [3.8, 4) is 0 Å². The first-order valence-corrected chi connectivity index (χ1v) is 7.02. The van der Waals surface area contributed by atoms with Crippen LogP contribution < -0.4 is 0 Å². The smallest absolute Gasteiger partial charge is 0.303 e. The van der Waals surface area contributed by atoms with Gasteiger partial charge in [0, 0.05) is 11.4 Å². The zero-order valence-corrected chi connectivity index (χ0v) is 11.6. The van der Waals surface area contributed by atoms with E-state index in [0.717, 1.165) is 23.7 Å². The zero-order chi connectivity index (χ0) is 11.8. The summed E-state index contributed by atoms with van der Waals surface area (Å²) in [4.78, 5) is 11.0. The molecule has 1 atom stereocenters. The molecule has 3 heteroatoms. The third-order valence-corrected chi connectivity index (χ3v) is 3.71. The van der Waals surface area contributed by atoms with Crippen LogP contribution in [-0.4, -0.2) is 12.1 Å². The van der Waals surface area contributed by atoms with Gasteiger partial charge < -0.3 is 4.74 Å². The van der Waals surface area contributed by atoms with Crippen molar-refractivity contribution in [1.29, 1.82) is 0 Å². The number of rotatable bonds is 1. The Balaban J connectivity index is 2.55. The highest BCUT2D eigenvalue weighted by molar-refractivity contribution is 9.11. The molecular weight excluding hydrogens is 268 g/mol. The molecule has 0 amide bonds. The summed E-state index contributed by atoms with van der Waals surface area (Å²) in [6, 6.07) is 0. The monoisotopic (exact) mass is 288 g/mol. The second kappa shape index (κ2) is 7.88. The van der Waals surface area contributed by atoms with Gasteiger partial charge in [-0.2, -0.15) is 0 Å². The number of esters is 1. The molecular formula is C13H21BrO2. The molecule has 0 N–H and O–H groups in total. The largest absolute Gasteiger partial charge is 0.457 e. The van der Waals surface area contributed by atoms with Crippen LogP contribution >= 0.6 is 15.9 Å². The molecule has 0 aromatic carbocycles. The number of hydrogen-bond donors (Lipinski definition) is 0. The first kappa shape index (κ1) is 13.8. The average Bonchev–Trinajstić information content (AvgIpc) is 2.27. The second-order valence-electron chi connectivity index (χ2n) is 4.39. The Morgan fingerprint density at radius 1 is 1.25 bits per heavy atom. The summed E-state index contributed by atoms with van der Waals surface area (Å²) >= 11 is 3.54. The van der Waals surface area contributed by atoms with Crippen LogP contribution in [0.25, 0.3) is 0 Å². The van der Waals surface area contributed by atoms with E-state index in [0.29, 0.717) is 0 Å². The van der Waals surface area contributed by atoms with Gasteiger partial charge in [-0.1, -0.05) is 47.7 Å². The summed E-state index contributed by atoms with van der Waals surface area (Å²) in [5.74, 6) is -0.190. The van der Waals surface area contributed by atoms with E-state index in [9.17, 15) is 4.79 Å². The summed E-state index contributed by atoms with van der Waals surface area (Å²) in [5.41, 5.74) is 0. The van der Waals surface area contributed by atoms with Crippen LogP contribution in [0.5, 0.6) is 0 Å². The van der Waals surface area contributed by atoms with Crippen molar-refractivity contribution < 1.29 is 9.53 Å². The topological polar surface area (TPSA) is 26.3 Å². The zero-order valence-electron chi connectivity index (χ0n) is 10.0. The summed E-state index contributed by atoms with van der Waals surface area (Å²) in [7, 11) is 0. The fraction of sp³-hybridized carbons (Fsp3) is 0.769. The maximum atomic E-state index is 11.0. The molecule has 1 aliphatic carbocycles. The van der Waals surface area contributed by atoms with Crippen LogP contribution in [0.15, 0.2) is 10.6 Å². The quantitative estimate of drug-likeness (QED) is 0.671. The molecule has 0 aromatic heterocycles. The van der Waals surface area contributed by atoms with E-state index in [-0.39, 0.29) is 12.1 Å². The third-order valence-electron chi connectivity index (χ3n) is 2.88. The number of halogens is 1. The predicted molar refractivity (Wildman–Crippen MR) is 69.5 cm³/mol. The summed E-state index contributed by atoms with van der Waals surface area (Å²) in [5, 5.41) is 0. The Morgan fingerprint density at radius 3 is 2.56 bits per heavy atom. The van der Waals surface area contributed by atoms with E-state index in [2.05, 4.69) is 22.0 Å². The van der Waals surface area contributed by atoms with Gasteiger partial charge in [0.1, 0.15) is 6.10 Å². The number of carbonyl (C=O) groups is 1. The molecule has 0 bridgehead atoms. The molecule has 1 unspecified atom stereocenters. The molecule has 2 nitrogen and oxygen atoms in total. The van der Waals surface area contributed by atoms with E-state index < -0.39 is 0 Å². The van der Waals surface area contributed by atoms with Crippen molar-refractivity contribution in [3.63, 3.8) is 0 Å². The van der Waals surface area contributed by atoms with Crippen molar-refractivity contribution in [2.75, 3.05) is 0 Å². The van der Waals surface area contributed by atoms with Crippen molar-refractivity contribution >= 4 is 21.9 Å². The SMILES string of the molecule is CC(=O)OC1CCCCCCCC/C=C/1Br. The molecule has 92 valence electrons. The molecule has 1 aliphatic rings. The predicted octanol–water partition coefficient (Wildman–Crippen LogP) is 4.33. The molecule has 1 rings (SSSR count). The van der Waals surface area contributed by atoms with Gasteiger partial charge in [0.2, 0.25) is 0 Å². The van der Waals surface area contributed by atoms with Crippen LogP contribution in [0.1, 0.15) is 58.3 Å². The lowest BCUT2D eigenvalue weighted by molar-refractivity contribution is -0.144. The second-order valence-corrected chi connectivity index (χ2v) is 5.30. The van der Waals surface area contributed by atoms with Gasteiger partial charge in [0.25, 0.3) is 0 Å². The lowest BCUT2D eigenvalue weighted by Gasteiger charge is -2.16. The van der Waals surface area contributed by atoms with Gasteiger partial charge in [-0.05, 0) is 25.7 Å². The van der Waals surface area contributed by atoms with Crippen LogP contribution in [0.4, 0.5) is 0 Å². The average molecular weight is 289 g/mol. The standard InChI is InChI=1S/C13H21BrO2/c1-11(15)16-13-10-8-6-4-2-3-5-7-9-12(13)14/h9,13H,2-8,10H2,1H3/b12-9-. The van der Waals surface area contributed by atoms with Crippen molar-refractivity contribution in [2.45, 2.75) is 64.4 Å². The molecule has 0 spiro atoms. The summed E-state index contributed by atoms with van der Waals surface area (Å²) < 4.78 is 6.37. The van der Waals surface area contributed by atoms with Gasteiger partial charge in [-0.15, -0.1) is 0 Å². The minimum atomic E-state index is -0.190. The molecule has 16 heavy (non-hydrogen) atoms. The molecule has 0 radical (unpaired) electrons. The van der Waals surface area contributed by atoms with Gasteiger partial charge in [0.15, 0.2) is 0 Å². The van der Waals surface area contributed by atoms with Crippen LogP contribution in [0, 0.1) is 0 Å². The summed E-state index contributed by atoms with van der Waals surface area (Å²) in [6.07, 6.45) is 11.7. The van der Waals surface area contributed by atoms with E-state index in [4.69, 9.17) is 4.74 Å². The van der Waals surface area contributed by atoms with Crippen LogP contribution in [0.3, 0.4) is 0 Å². The maximum Gasteiger partial charge on any atom is 0.303 e. The molecule has 0 aromatic rings. The van der Waals surface area contributed by atoms with Crippen molar-refractivity contribution in [3.05, 3.63) is 10.6 Å². The Labute approximate surface area is 107 Å². The van der Waals surface area contributed by atoms with Crippen LogP contribution in [0.2, 0.25) is 0 Å². The first-order valence-electron chi connectivity index (χ1n) is 6.23. The first-order chi connectivity index (χ1) is 7.70. The van der Waals surface area contributed by atoms with Crippen molar-refractivity contribution in [2.24, 2.45) is 0 Å². The number of allylic oxidation sites excluding steroid dienone is 1. The highest BCUT2D eigenvalue weighted by atomic mass is 79.9. The van der Waals surface area contributed by atoms with Gasteiger partial charge in [-0.3, -0.25) is 4.79 Å². The molecule has 0 aliphatic heterocycles. The highest BCUT2D eigenvalue weighted by Crippen LogP contribution is 2.23. The lowest BCUT2D eigenvalue weighted by Crippen LogP contribution is -2.16. The number of carbonyl (C=O) groups excluding carboxylic acids is 1. The normalized spacial score (nSPS) is 27.4. The van der Waals surface area contributed by atoms with Gasteiger partial charge in [0.05, 0.1) is 0 Å². The Hall–Kier alpha value is -0.310. The van der Waals surface area contributed by atoms with E-state index >= 15 is 0 Å². The fourth-order valence-electron chi connectivity index (χ4n) is 2.01. The van der Waals surface area contributed by atoms with E-state index in [1.54, 1.807) is 0 Å². The van der Waals surface area contributed by atoms with Crippen molar-refractivity contribution in [1.82, 2.24) is 0 Å². The number of ether oxygens (including phenoxy) is 1. The fourth-order valence-corrected chi connectivity index (χ4v) is 2.56. The molecule has 0 fully saturated rings. The Kier molecular flexibility index (Phi) is 6.78. The third kappa shape index (κ3) is 5.69. The van der Waals surface area contributed by atoms with Gasteiger partial charge >= 0.3 is 5.97 Å². The van der Waals surface area contributed by atoms with Gasteiger partial charge in [-0.25, -0.2) is 0 Å². The molecule has 0 saturated heterocycles. The maximum absolute atomic E-state index is 11.0. The lowest BCUT2D eigenvalue weighted by atomic mass is 10.1. The number of hydrogen-bond acceptors (Lipinski definition) is 2. The minimum Gasteiger partial charge on any atom is -0.457 e.